The molecule has 0 bridgehead atoms. The molecule has 10 nitrogen and oxygen atoms in total. The third kappa shape index (κ3) is 8.52. The van der Waals surface area contributed by atoms with Crippen LogP contribution in [0.25, 0.3) is 16.3 Å². The fraction of sp³-hybridized carbons (Fsp3) is 0.167. The average molecular weight is 683 g/mol. The molecule has 1 aromatic heterocycles. The number of benzene rings is 4. The standard InChI is InChI=1S/C36H34N4O6S2/c1-5-46-26-16-19-28-31(21-26)48-36(39-28)40-33(41)22(2)47-27-17-14-25(15-18-27)37-35(43)29(38-34(42)23-10-7-6-8-11-23)20-24-12-9-13-30(44-3)32(24)45-4/h6-22H,5H2,1-4H3,(H,37,43)(H,38,42)(H,39,40,41)/b29-20-. The summed E-state index contributed by atoms with van der Waals surface area (Å²) in [5, 5.41) is 8.58. The van der Waals surface area contributed by atoms with Gasteiger partial charge in [-0.25, -0.2) is 4.98 Å². The fourth-order valence-electron chi connectivity index (χ4n) is 4.62. The lowest BCUT2D eigenvalue weighted by atomic mass is 10.1. The molecule has 1 unspecified atom stereocenters. The summed E-state index contributed by atoms with van der Waals surface area (Å²) >= 11 is 2.76. The minimum Gasteiger partial charge on any atom is -0.494 e. The number of carbonyl (C=O) groups is 3. The number of methoxy groups -OCH3 is 2. The molecule has 0 aliphatic carbocycles. The van der Waals surface area contributed by atoms with Gasteiger partial charge in [0, 0.05) is 21.7 Å². The number of hydrogen-bond donors (Lipinski definition) is 3. The van der Waals surface area contributed by atoms with Crippen LogP contribution in [-0.4, -0.2) is 48.8 Å². The lowest BCUT2D eigenvalue weighted by Gasteiger charge is -2.14. The molecule has 5 aromatic rings. The Morgan fingerprint density at radius 3 is 2.40 bits per heavy atom. The van der Waals surface area contributed by atoms with Crippen LogP contribution < -0.4 is 30.2 Å². The number of nitrogens with one attached hydrogen (secondary N) is 3. The van der Waals surface area contributed by atoms with E-state index in [0.29, 0.717) is 40.1 Å². The van der Waals surface area contributed by atoms with Gasteiger partial charge in [0.15, 0.2) is 16.6 Å². The topological polar surface area (TPSA) is 128 Å². The SMILES string of the molecule is CCOc1ccc2nc(NC(=O)C(C)Sc3ccc(NC(=O)/C(=C/c4cccc(OC)c4OC)NC(=O)c4ccccc4)cc3)sc2c1. The number of anilines is 2. The number of carbonyl (C=O) groups excluding carboxylic acids is 3. The van der Waals surface area contributed by atoms with Gasteiger partial charge in [-0.05, 0) is 80.6 Å². The number of thioether (sulfide) groups is 1. The highest BCUT2D eigenvalue weighted by Crippen LogP contribution is 2.33. The molecule has 5 rings (SSSR count). The first-order valence-electron chi connectivity index (χ1n) is 15.0. The predicted molar refractivity (Wildman–Crippen MR) is 191 cm³/mol. The number of nitrogens with zero attached hydrogens (tertiary/aromatic N) is 1. The molecule has 3 N–H and O–H groups in total. The highest BCUT2D eigenvalue weighted by molar-refractivity contribution is 8.00. The average Bonchev–Trinajstić information content (AvgIpc) is 3.50. The van der Waals surface area contributed by atoms with E-state index >= 15 is 0 Å². The molecule has 48 heavy (non-hydrogen) atoms. The first-order chi connectivity index (χ1) is 23.3. The molecule has 0 spiro atoms. The summed E-state index contributed by atoms with van der Waals surface area (Å²) in [6.07, 6.45) is 1.53. The predicted octanol–water partition coefficient (Wildman–Crippen LogP) is 7.24. The largest absolute Gasteiger partial charge is 0.494 e. The van der Waals surface area contributed by atoms with Gasteiger partial charge >= 0.3 is 0 Å². The summed E-state index contributed by atoms with van der Waals surface area (Å²) in [6, 6.07) is 26.6. The Labute approximate surface area is 286 Å². The number of aromatic nitrogens is 1. The van der Waals surface area contributed by atoms with E-state index in [1.807, 2.05) is 44.2 Å². The number of hydrogen-bond acceptors (Lipinski definition) is 9. The first kappa shape index (κ1) is 34.0. The Bertz CT molecular complexity index is 1940. The summed E-state index contributed by atoms with van der Waals surface area (Å²) in [7, 11) is 3.02. The minimum atomic E-state index is -0.540. The second kappa shape index (κ2) is 16.0. The van der Waals surface area contributed by atoms with Crippen molar-refractivity contribution in [3.63, 3.8) is 0 Å². The van der Waals surface area contributed by atoms with Crippen LogP contribution in [0.4, 0.5) is 10.8 Å². The molecule has 0 saturated heterocycles. The number of para-hydroxylation sites is 1. The van der Waals surface area contributed by atoms with Crippen molar-refractivity contribution in [1.82, 2.24) is 10.3 Å². The van der Waals surface area contributed by atoms with Gasteiger partial charge in [-0.3, -0.25) is 14.4 Å². The normalized spacial score (nSPS) is 11.8. The lowest BCUT2D eigenvalue weighted by Crippen LogP contribution is -2.30. The number of rotatable bonds is 13. The number of thiazole rings is 1. The molecule has 0 radical (unpaired) electrons. The molecule has 0 fully saturated rings. The van der Waals surface area contributed by atoms with Gasteiger partial charge in [0.2, 0.25) is 5.91 Å². The van der Waals surface area contributed by atoms with Gasteiger partial charge in [-0.2, -0.15) is 0 Å². The van der Waals surface area contributed by atoms with Crippen LogP contribution in [0.15, 0.2) is 102 Å². The van der Waals surface area contributed by atoms with Crippen LogP contribution in [0.5, 0.6) is 17.2 Å². The molecular weight excluding hydrogens is 649 g/mol. The van der Waals surface area contributed by atoms with Gasteiger partial charge in [0.05, 0.1) is 36.3 Å². The van der Waals surface area contributed by atoms with Crippen molar-refractivity contribution in [2.75, 3.05) is 31.5 Å². The van der Waals surface area contributed by atoms with Crippen molar-refractivity contribution in [2.24, 2.45) is 0 Å². The van der Waals surface area contributed by atoms with Crippen LogP contribution in [0.2, 0.25) is 0 Å². The zero-order valence-electron chi connectivity index (χ0n) is 26.7. The van der Waals surface area contributed by atoms with E-state index in [4.69, 9.17) is 14.2 Å². The third-order valence-electron chi connectivity index (χ3n) is 6.96. The van der Waals surface area contributed by atoms with Crippen molar-refractivity contribution < 1.29 is 28.6 Å². The minimum absolute atomic E-state index is 0.00288. The number of amides is 3. The molecule has 246 valence electrons. The maximum absolute atomic E-state index is 13.5. The van der Waals surface area contributed by atoms with E-state index in [1.165, 1.54) is 43.4 Å². The van der Waals surface area contributed by atoms with Gasteiger partial charge in [-0.1, -0.05) is 41.7 Å². The third-order valence-corrected chi connectivity index (χ3v) is 9.00. The summed E-state index contributed by atoms with van der Waals surface area (Å²) in [5.74, 6) is 0.487. The second-order valence-electron chi connectivity index (χ2n) is 10.3. The van der Waals surface area contributed by atoms with E-state index in [1.54, 1.807) is 60.7 Å². The Kier molecular flexibility index (Phi) is 11.3. The molecule has 12 heteroatoms. The second-order valence-corrected chi connectivity index (χ2v) is 12.7. The van der Waals surface area contributed by atoms with E-state index in [-0.39, 0.29) is 11.6 Å². The Balaban J connectivity index is 1.26. The zero-order valence-corrected chi connectivity index (χ0v) is 28.4. The molecule has 0 saturated carbocycles. The van der Waals surface area contributed by atoms with Crippen molar-refractivity contribution in [1.29, 1.82) is 0 Å². The van der Waals surface area contributed by atoms with Gasteiger partial charge < -0.3 is 30.2 Å². The van der Waals surface area contributed by atoms with Crippen LogP contribution in [-0.2, 0) is 9.59 Å². The molecule has 0 aliphatic heterocycles. The summed E-state index contributed by atoms with van der Waals surface area (Å²) in [4.78, 5) is 44.9. The van der Waals surface area contributed by atoms with E-state index in [9.17, 15) is 14.4 Å². The van der Waals surface area contributed by atoms with Crippen molar-refractivity contribution in [3.05, 3.63) is 108 Å². The summed E-state index contributed by atoms with van der Waals surface area (Å²) in [5.41, 5.74) is 2.22. The van der Waals surface area contributed by atoms with Crippen LogP contribution in [0, 0.1) is 0 Å². The molecule has 0 aliphatic rings. The van der Waals surface area contributed by atoms with E-state index in [0.717, 1.165) is 20.9 Å². The quantitative estimate of drug-likeness (QED) is 0.0876. The van der Waals surface area contributed by atoms with Crippen LogP contribution in [0.3, 0.4) is 0 Å². The molecule has 1 heterocycles. The van der Waals surface area contributed by atoms with Crippen molar-refractivity contribution in [3.8, 4) is 17.2 Å². The van der Waals surface area contributed by atoms with Gasteiger partial charge in [0.25, 0.3) is 11.8 Å². The van der Waals surface area contributed by atoms with Crippen LogP contribution in [0.1, 0.15) is 29.8 Å². The van der Waals surface area contributed by atoms with E-state index < -0.39 is 17.1 Å². The maximum Gasteiger partial charge on any atom is 0.272 e. The van der Waals surface area contributed by atoms with Crippen LogP contribution >= 0.6 is 23.1 Å². The zero-order chi connectivity index (χ0) is 34.0. The highest BCUT2D eigenvalue weighted by atomic mass is 32.2. The Morgan fingerprint density at radius 2 is 1.69 bits per heavy atom. The fourth-order valence-corrected chi connectivity index (χ4v) is 6.38. The molecular formula is C36H34N4O6S2. The summed E-state index contributed by atoms with van der Waals surface area (Å²) < 4.78 is 17.4. The van der Waals surface area contributed by atoms with Gasteiger partial charge in [-0.15, -0.1) is 11.8 Å². The Hall–Kier alpha value is -5.33. The van der Waals surface area contributed by atoms with Gasteiger partial charge in [0.1, 0.15) is 11.4 Å². The first-order valence-corrected chi connectivity index (χ1v) is 16.7. The Morgan fingerprint density at radius 1 is 0.917 bits per heavy atom. The van der Waals surface area contributed by atoms with Crippen molar-refractivity contribution >= 4 is 67.9 Å². The van der Waals surface area contributed by atoms with E-state index in [2.05, 4.69) is 20.9 Å². The number of fused-ring (bicyclic) bond motifs is 1. The highest BCUT2D eigenvalue weighted by Gasteiger charge is 2.19. The molecule has 4 aromatic carbocycles. The summed E-state index contributed by atoms with van der Waals surface area (Å²) in [6.45, 7) is 4.31. The molecule has 1 atom stereocenters. The maximum atomic E-state index is 13.5. The molecule has 3 amide bonds. The lowest BCUT2D eigenvalue weighted by molar-refractivity contribution is -0.115. The smallest absolute Gasteiger partial charge is 0.272 e. The number of ether oxygens (including phenoxy) is 3. The monoisotopic (exact) mass is 682 g/mol. The van der Waals surface area contributed by atoms with Crippen molar-refractivity contribution in [2.45, 2.75) is 24.0 Å².